The Morgan fingerprint density at radius 1 is 1.38 bits per heavy atom. The van der Waals surface area contributed by atoms with E-state index in [2.05, 4.69) is 11.8 Å². The lowest BCUT2D eigenvalue weighted by atomic mass is 10.0. The van der Waals surface area contributed by atoms with E-state index in [4.69, 9.17) is 11.5 Å². The molecule has 2 nitrogen and oxygen atoms in total. The Hall–Kier alpha value is -0.520. The predicted molar refractivity (Wildman–Crippen MR) is 33.0 cm³/mol. The first-order chi connectivity index (χ1) is 3.80. The molecule has 0 aromatic heterocycles. The lowest BCUT2D eigenvalue weighted by molar-refractivity contribution is 0.563. The summed E-state index contributed by atoms with van der Waals surface area (Å²) < 4.78 is 0. The van der Waals surface area contributed by atoms with Gasteiger partial charge in [-0.25, -0.2) is 0 Å². The molecule has 1 aliphatic carbocycles. The van der Waals surface area contributed by atoms with Crippen molar-refractivity contribution in [2.45, 2.75) is 24.9 Å². The molecule has 2 heteroatoms. The Kier molecular flexibility index (Phi) is 1.52. The molecule has 1 aliphatic rings. The number of rotatable bonds is 0. The molecule has 0 saturated heterocycles. The van der Waals surface area contributed by atoms with Gasteiger partial charge in [0.25, 0.3) is 0 Å². The lowest BCUT2D eigenvalue weighted by Gasteiger charge is -2.15. The van der Waals surface area contributed by atoms with Gasteiger partial charge in [-0.3, -0.25) is 0 Å². The average Bonchev–Trinajstić information content (AvgIpc) is 1.77. The van der Waals surface area contributed by atoms with Crippen LogP contribution in [0.1, 0.15) is 12.8 Å². The smallest absolute Gasteiger partial charge is 0.0818 e. The van der Waals surface area contributed by atoms with Crippen molar-refractivity contribution in [3.8, 4) is 11.8 Å². The van der Waals surface area contributed by atoms with Crippen molar-refractivity contribution < 1.29 is 0 Å². The highest BCUT2D eigenvalue weighted by atomic mass is 14.8. The summed E-state index contributed by atoms with van der Waals surface area (Å²) in [7, 11) is 0. The molecule has 0 bridgehead atoms. The predicted octanol–water partition coefficient (Wildman–Crippen LogP) is -0.562. The van der Waals surface area contributed by atoms with E-state index in [0.717, 1.165) is 12.8 Å². The molecular formula is C6H10N2. The van der Waals surface area contributed by atoms with Crippen LogP contribution < -0.4 is 11.5 Å². The van der Waals surface area contributed by atoms with E-state index in [-0.39, 0.29) is 12.1 Å². The van der Waals surface area contributed by atoms with Crippen molar-refractivity contribution in [3.63, 3.8) is 0 Å². The number of hydrogen-bond donors (Lipinski definition) is 2. The summed E-state index contributed by atoms with van der Waals surface area (Å²) in [6.07, 6.45) is 1.86. The van der Waals surface area contributed by atoms with E-state index in [0.29, 0.717) is 0 Å². The summed E-state index contributed by atoms with van der Waals surface area (Å²) >= 11 is 0. The fourth-order valence-electron chi connectivity index (χ4n) is 0.715. The molecule has 0 aliphatic heterocycles. The first-order valence-corrected chi connectivity index (χ1v) is 2.80. The summed E-state index contributed by atoms with van der Waals surface area (Å²) in [6, 6.07) is 0.0278. The zero-order valence-corrected chi connectivity index (χ0v) is 4.72. The van der Waals surface area contributed by atoms with Crippen LogP contribution in [0.2, 0.25) is 0 Å². The van der Waals surface area contributed by atoms with Gasteiger partial charge in [-0.2, -0.15) is 0 Å². The fraction of sp³-hybridized carbons (Fsp3) is 0.667. The van der Waals surface area contributed by atoms with Crippen LogP contribution in [-0.4, -0.2) is 12.1 Å². The molecule has 0 saturated carbocycles. The Balaban J connectivity index is 2.55. The van der Waals surface area contributed by atoms with Crippen LogP contribution in [0.25, 0.3) is 0 Å². The first-order valence-electron chi connectivity index (χ1n) is 2.80. The quantitative estimate of drug-likeness (QED) is 0.411. The highest BCUT2D eigenvalue weighted by Gasteiger charge is 2.11. The minimum Gasteiger partial charge on any atom is -0.325 e. The van der Waals surface area contributed by atoms with E-state index in [1.165, 1.54) is 0 Å². The third kappa shape index (κ3) is 1.00. The summed E-state index contributed by atoms with van der Waals surface area (Å²) in [5.74, 6) is 5.74. The van der Waals surface area contributed by atoms with Crippen LogP contribution in [0.5, 0.6) is 0 Å². The van der Waals surface area contributed by atoms with E-state index in [1.54, 1.807) is 0 Å². The van der Waals surface area contributed by atoms with Crippen LogP contribution in [0.3, 0.4) is 0 Å². The molecule has 0 fully saturated rings. The number of nitrogens with two attached hydrogens (primary N) is 2. The van der Waals surface area contributed by atoms with Gasteiger partial charge in [-0.05, 0) is 6.42 Å². The monoisotopic (exact) mass is 110 g/mol. The van der Waals surface area contributed by atoms with Gasteiger partial charge in [0.1, 0.15) is 0 Å². The van der Waals surface area contributed by atoms with Gasteiger partial charge in [0.2, 0.25) is 0 Å². The van der Waals surface area contributed by atoms with Crippen LogP contribution in [-0.2, 0) is 0 Å². The van der Waals surface area contributed by atoms with Crippen molar-refractivity contribution in [1.82, 2.24) is 0 Å². The van der Waals surface area contributed by atoms with Crippen molar-refractivity contribution in [2.75, 3.05) is 0 Å². The maximum Gasteiger partial charge on any atom is 0.0818 e. The fourth-order valence-corrected chi connectivity index (χ4v) is 0.715. The molecule has 0 aromatic rings. The van der Waals surface area contributed by atoms with Crippen molar-refractivity contribution in [3.05, 3.63) is 0 Å². The molecule has 2 atom stereocenters. The van der Waals surface area contributed by atoms with Crippen LogP contribution in [0, 0.1) is 11.8 Å². The van der Waals surface area contributed by atoms with Crippen LogP contribution >= 0.6 is 0 Å². The molecule has 4 N–H and O–H groups in total. The Morgan fingerprint density at radius 3 is 2.50 bits per heavy atom. The average molecular weight is 110 g/mol. The van der Waals surface area contributed by atoms with Crippen molar-refractivity contribution in [1.29, 1.82) is 0 Å². The maximum atomic E-state index is 5.55. The van der Waals surface area contributed by atoms with Crippen molar-refractivity contribution >= 4 is 0 Å². The Morgan fingerprint density at radius 2 is 2.12 bits per heavy atom. The number of hydrogen-bond acceptors (Lipinski definition) is 2. The third-order valence-electron chi connectivity index (χ3n) is 1.33. The molecule has 44 valence electrons. The van der Waals surface area contributed by atoms with Crippen molar-refractivity contribution in [2.24, 2.45) is 11.5 Å². The maximum absolute atomic E-state index is 5.55. The topological polar surface area (TPSA) is 52.0 Å². The van der Waals surface area contributed by atoms with Crippen LogP contribution in [0.4, 0.5) is 0 Å². The summed E-state index contributed by atoms with van der Waals surface area (Å²) in [5, 5.41) is 0. The Labute approximate surface area is 49.2 Å². The standard InChI is InChI=1S/C6H10N2/c7-5-3-1-2-4-6(5)8/h5-6H,1,3,7-8H2. The summed E-state index contributed by atoms with van der Waals surface area (Å²) in [6.45, 7) is 0. The zero-order valence-electron chi connectivity index (χ0n) is 4.72. The molecule has 0 spiro atoms. The SMILES string of the molecule is NC1C#CCCC1N. The normalized spacial score (nSPS) is 35.8. The van der Waals surface area contributed by atoms with Gasteiger partial charge in [-0.15, -0.1) is 5.92 Å². The van der Waals surface area contributed by atoms with Gasteiger partial charge in [0.05, 0.1) is 6.04 Å². The second-order valence-corrected chi connectivity index (χ2v) is 2.05. The van der Waals surface area contributed by atoms with Crippen LogP contribution in [0.15, 0.2) is 0 Å². The summed E-state index contributed by atoms with van der Waals surface area (Å²) in [5.41, 5.74) is 11.0. The first kappa shape index (κ1) is 5.61. The third-order valence-corrected chi connectivity index (χ3v) is 1.33. The van der Waals surface area contributed by atoms with E-state index in [9.17, 15) is 0 Å². The highest BCUT2D eigenvalue weighted by Crippen LogP contribution is 2.00. The molecule has 0 radical (unpaired) electrons. The molecule has 2 unspecified atom stereocenters. The van der Waals surface area contributed by atoms with Gasteiger partial charge in [0.15, 0.2) is 0 Å². The molecule has 1 rings (SSSR count). The lowest BCUT2D eigenvalue weighted by Crippen LogP contribution is -2.41. The van der Waals surface area contributed by atoms with Gasteiger partial charge >= 0.3 is 0 Å². The zero-order chi connectivity index (χ0) is 5.98. The minimum atomic E-state index is -0.0799. The second kappa shape index (κ2) is 2.17. The summed E-state index contributed by atoms with van der Waals surface area (Å²) in [4.78, 5) is 0. The van der Waals surface area contributed by atoms with E-state index >= 15 is 0 Å². The molecule has 0 amide bonds. The second-order valence-electron chi connectivity index (χ2n) is 2.05. The van der Waals surface area contributed by atoms with E-state index < -0.39 is 0 Å². The Bertz CT molecular complexity index is 131. The molecule has 0 heterocycles. The largest absolute Gasteiger partial charge is 0.325 e. The van der Waals surface area contributed by atoms with Gasteiger partial charge < -0.3 is 11.5 Å². The highest BCUT2D eigenvalue weighted by molar-refractivity contribution is 5.14. The van der Waals surface area contributed by atoms with Gasteiger partial charge in [0, 0.05) is 12.5 Å². The molecule has 8 heavy (non-hydrogen) atoms. The molecule has 0 aromatic carbocycles. The van der Waals surface area contributed by atoms with Gasteiger partial charge in [-0.1, -0.05) is 5.92 Å². The molecular weight excluding hydrogens is 100 g/mol. The minimum absolute atomic E-state index is 0.0799. The van der Waals surface area contributed by atoms with E-state index in [1.807, 2.05) is 0 Å².